The highest BCUT2D eigenvalue weighted by molar-refractivity contribution is 5.84. The van der Waals surface area contributed by atoms with Gasteiger partial charge in [-0.1, -0.05) is 25.1 Å². The van der Waals surface area contributed by atoms with Gasteiger partial charge in [-0.25, -0.2) is 0 Å². The van der Waals surface area contributed by atoms with Gasteiger partial charge in [0, 0.05) is 23.0 Å². The average molecular weight is 231 g/mol. The molecule has 1 atom stereocenters. The van der Waals surface area contributed by atoms with Crippen molar-refractivity contribution in [1.82, 2.24) is 4.98 Å². The summed E-state index contributed by atoms with van der Waals surface area (Å²) >= 11 is 0. The number of aromatic amines is 1. The number of nitrogens with one attached hydrogen (secondary N) is 1. The Morgan fingerprint density at radius 3 is 2.82 bits per heavy atom. The minimum absolute atomic E-state index is 0.158. The molecule has 0 spiro atoms. The summed E-state index contributed by atoms with van der Waals surface area (Å²) in [6, 6.07) is 8.15. The normalized spacial score (nSPS) is 12.8. The van der Waals surface area contributed by atoms with Gasteiger partial charge in [0.1, 0.15) is 0 Å². The molecule has 1 aromatic carbocycles. The van der Waals surface area contributed by atoms with Gasteiger partial charge in [0.15, 0.2) is 0 Å². The van der Waals surface area contributed by atoms with Gasteiger partial charge in [0.05, 0.1) is 0 Å². The van der Waals surface area contributed by atoms with Crippen LogP contribution in [-0.4, -0.2) is 16.1 Å². The van der Waals surface area contributed by atoms with Crippen LogP contribution in [0.3, 0.4) is 0 Å². The van der Waals surface area contributed by atoms with Crippen LogP contribution >= 0.6 is 0 Å². The Morgan fingerprint density at radius 2 is 2.12 bits per heavy atom. The van der Waals surface area contributed by atoms with Crippen LogP contribution in [0.15, 0.2) is 24.3 Å². The number of carboxylic acid groups (broad SMARTS) is 1. The lowest BCUT2D eigenvalue weighted by Crippen LogP contribution is -2.07. The molecule has 0 aliphatic rings. The number of fused-ring (bicyclic) bond motifs is 1. The Kier molecular flexibility index (Phi) is 3.18. The van der Waals surface area contributed by atoms with E-state index in [0.717, 1.165) is 17.6 Å². The number of H-pyrrole nitrogens is 1. The van der Waals surface area contributed by atoms with Crippen LogP contribution in [0.1, 0.15) is 24.6 Å². The van der Waals surface area contributed by atoms with E-state index in [1.165, 1.54) is 10.9 Å². The van der Waals surface area contributed by atoms with Crippen LogP contribution < -0.4 is 0 Å². The Bertz CT molecular complexity index is 542. The fourth-order valence-corrected chi connectivity index (χ4v) is 2.32. The van der Waals surface area contributed by atoms with E-state index in [4.69, 9.17) is 5.11 Å². The third-order valence-corrected chi connectivity index (χ3v) is 3.10. The van der Waals surface area contributed by atoms with Crippen LogP contribution in [0.2, 0.25) is 0 Å². The second-order valence-corrected chi connectivity index (χ2v) is 4.68. The number of rotatable bonds is 4. The lowest BCUT2D eigenvalue weighted by Gasteiger charge is -2.08. The molecule has 0 radical (unpaired) electrons. The van der Waals surface area contributed by atoms with E-state index in [0.29, 0.717) is 0 Å². The van der Waals surface area contributed by atoms with Crippen molar-refractivity contribution in [2.45, 2.75) is 26.7 Å². The summed E-state index contributed by atoms with van der Waals surface area (Å²) in [6.45, 7) is 4.03. The second-order valence-electron chi connectivity index (χ2n) is 4.68. The minimum Gasteiger partial charge on any atom is -0.481 e. The summed E-state index contributed by atoms with van der Waals surface area (Å²) in [7, 11) is 0. The largest absolute Gasteiger partial charge is 0.481 e. The number of carbonyl (C=O) groups is 1. The summed E-state index contributed by atoms with van der Waals surface area (Å²) in [5.74, 6) is -0.569. The predicted octanol–water partition coefficient (Wildman–Crippen LogP) is 3.13. The molecule has 0 saturated carbocycles. The number of carboxylic acids is 1. The van der Waals surface area contributed by atoms with Crippen molar-refractivity contribution < 1.29 is 9.90 Å². The van der Waals surface area contributed by atoms with E-state index in [1.54, 1.807) is 0 Å². The summed E-state index contributed by atoms with van der Waals surface area (Å²) in [6.07, 6.45) is 1.03. The van der Waals surface area contributed by atoms with Crippen molar-refractivity contribution in [1.29, 1.82) is 0 Å². The first-order valence-corrected chi connectivity index (χ1v) is 5.86. The third kappa shape index (κ3) is 2.49. The Hall–Kier alpha value is -1.77. The van der Waals surface area contributed by atoms with Crippen molar-refractivity contribution >= 4 is 16.9 Å². The highest BCUT2D eigenvalue weighted by atomic mass is 16.4. The van der Waals surface area contributed by atoms with Gasteiger partial charge < -0.3 is 10.1 Å². The monoisotopic (exact) mass is 231 g/mol. The molecule has 0 amide bonds. The number of hydrogen-bond acceptors (Lipinski definition) is 1. The lowest BCUT2D eigenvalue weighted by atomic mass is 9.96. The predicted molar refractivity (Wildman–Crippen MR) is 68.2 cm³/mol. The molecule has 2 N–H and O–H groups in total. The number of para-hydroxylation sites is 1. The standard InChI is InChI=1S/C14H17NO2/c1-9(8-14(16)17)7-12-10(2)15-13-6-4-3-5-11(12)13/h3-6,9,15H,7-8H2,1-2H3,(H,16,17). The smallest absolute Gasteiger partial charge is 0.303 e. The molecule has 3 heteroatoms. The summed E-state index contributed by atoms with van der Waals surface area (Å²) < 4.78 is 0. The maximum absolute atomic E-state index is 10.7. The SMILES string of the molecule is Cc1[nH]c2ccccc2c1CC(C)CC(=O)O. The topological polar surface area (TPSA) is 53.1 Å². The van der Waals surface area contributed by atoms with Crippen LogP contribution in [0, 0.1) is 12.8 Å². The molecule has 3 nitrogen and oxygen atoms in total. The molecule has 0 bridgehead atoms. The number of hydrogen-bond donors (Lipinski definition) is 2. The van der Waals surface area contributed by atoms with Crippen LogP contribution in [0.25, 0.3) is 10.9 Å². The van der Waals surface area contributed by atoms with E-state index >= 15 is 0 Å². The molecule has 0 saturated heterocycles. The Balaban J connectivity index is 2.29. The van der Waals surface area contributed by atoms with E-state index in [9.17, 15) is 4.79 Å². The van der Waals surface area contributed by atoms with Gasteiger partial charge in [-0.3, -0.25) is 4.79 Å². The van der Waals surface area contributed by atoms with Crippen molar-refractivity contribution in [3.63, 3.8) is 0 Å². The molecular weight excluding hydrogens is 214 g/mol. The zero-order valence-electron chi connectivity index (χ0n) is 10.2. The van der Waals surface area contributed by atoms with E-state index < -0.39 is 5.97 Å². The maximum Gasteiger partial charge on any atom is 0.303 e. The van der Waals surface area contributed by atoms with E-state index in [1.807, 2.05) is 32.0 Å². The number of aryl methyl sites for hydroxylation is 1. The maximum atomic E-state index is 10.7. The second kappa shape index (κ2) is 4.62. The first-order valence-electron chi connectivity index (χ1n) is 5.86. The zero-order valence-corrected chi connectivity index (χ0v) is 10.2. The fraction of sp³-hybridized carbons (Fsp3) is 0.357. The number of benzene rings is 1. The molecule has 0 aliphatic heterocycles. The third-order valence-electron chi connectivity index (χ3n) is 3.10. The molecule has 2 rings (SSSR count). The van der Waals surface area contributed by atoms with Crippen molar-refractivity contribution in [2.24, 2.45) is 5.92 Å². The average Bonchev–Trinajstić information content (AvgIpc) is 2.55. The Labute approximate surface area is 100 Å². The highest BCUT2D eigenvalue weighted by Crippen LogP contribution is 2.25. The molecule has 1 aromatic heterocycles. The lowest BCUT2D eigenvalue weighted by molar-refractivity contribution is -0.137. The van der Waals surface area contributed by atoms with Crippen molar-refractivity contribution in [3.8, 4) is 0 Å². The molecule has 1 heterocycles. The van der Waals surface area contributed by atoms with Gasteiger partial charge in [-0.05, 0) is 30.9 Å². The first kappa shape index (κ1) is 11.7. The van der Waals surface area contributed by atoms with E-state index in [-0.39, 0.29) is 12.3 Å². The van der Waals surface area contributed by atoms with Gasteiger partial charge in [-0.2, -0.15) is 0 Å². The highest BCUT2D eigenvalue weighted by Gasteiger charge is 2.13. The van der Waals surface area contributed by atoms with Gasteiger partial charge in [0.2, 0.25) is 0 Å². The number of aliphatic carboxylic acids is 1. The first-order chi connectivity index (χ1) is 8.08. The van der Waals surface area contributed by atoms with Gasteiger partial charge in [-0.15, -0.1) is 0 Å². The van der Waals surface area contributed by atoms with Crippen LogP contribution in [0.5, 0.6) is 0 Å². The summed E-state index contributed by atoms with van der Waals surface area (Å²) in [5.41, 5.74) is 3.51. The van der Waals surface area contributed by atoms with E-state index in [2.05, 4.69) is 11.1 Å². The molecule has 2 aromatic rings. The molecule has 0 fully saturated rings. The molecular formula is C14H17NO2. The van der Waals surface area contributed by atoms with Gasteiger partial charge in [0.25, 0.3) is 0 Å². The molecule has 0 aliphatic carbocycles. The summed E-state index contributed by atoms with van der Waals surface area (Å²) in [5, 5.41) is 10.00. The zero-order chi connectivity index (χ0) is 12.4. The number of aromatic nitrogens is 1. The fourth-order valence-electron chi connectivity index (χ4n) is 2.32. The van der Waals surface area contributed by atoms with Crippen LogP contribution in [-0.2, 0) is 11.2 Å². The minimum atomic E-state index is -0.727. The van der Waals surface area contributed by atoms with Gasteiger partial charge >= 0.3 is 5.97 Å². The van der Waals surface area contributed by atoms with Crippen molar-refractivity contribution in [3.05, 3.63) is 35.5 Å². The molecule has 1 unspecified atom stereocenters. The van der Waals surface area contributed by atoms with Crippen molar-refractivity contribution in [2.75, 3.05) is 0 Å². The quantitative estimate of drug-likeness (QED) is 0.849. The summed E-state index contributed by atoms with van der Waals surface area (Å²) in [4.78, 5) is 14.0. The van der Waals surface area contributed by atoms with Crippen LogP contribution in [0.4, 0.5) is 0 Å². The molecule has 90 valence electrons. The molecule has 17 heavy (non-hydrogen) atoms. The Morgan fingerprint density at radius 1 is 1.41 bits per heavy atom.